The van der Waals surface area contributed by atoms with Gasteiger partial charge in [-0.1, -0.05) is 23.8 Å². The molecule has 3 aliphatic rings. The number of nitrogens with zero attached hydrogens (tertiary/aromatic N) is 2. The molecule has 0 saturated carbocycles. The van der Waals surface area contributed by atoms with Gasteiger partial charge >= 0.3 is 11.9 Å². The Labute approximate surface area is 388 Å². The summed E-state index contributed by atoms with van der Waals surface area (Å²) in [5, 5.41) is 90.9. The molecule has 1 fully saturated rings. The van der Waals surface area contributed by atoms with Crippen LogP contribution in [0.15, 0.2) is 98.5 Å². The smallest absolute Gasteiger partial charge is 0.337 e. The number of phenolic OH excluding ortho intramolecular Hbond substituents is 1. The summed E-state index contributed by atoms with van der Waals surface area (Å²) in [6.45, 7) is 1.24. The SMILES string of the molecule is Cc1cc(CCCCO)cc(C2=C3N=CC=C3CN2O[C@@H]2[C@@H](Oc3ccc4c(=O)c(-c5ccc(O)cc5)coc4c3)O[C@@H]([C@@H](O)OC(=O)[C@H](NCCC=O)C(=O)O)[C@H](O)[C@]2(O)[C@H](O)CCCO)c1. The first kappa shape index (κ1) is 49.6. The van der Waals surface area contributed by atoms with Crippen LogP contribution in [0.1, 0.15) is 48.8 Å². The van der Waals surface area contributed by atoms with Crippen LogP contribution in [-0.4, -0.2) is 145 Å². The van der Waals surface area contributed by atoms with Crippen molar-refractivity contribution in [1.82, 2.24) is 10.4 Å². The van der Waals surface area contributed by atoms with Crippen LogP contribution in [0.2, 0.25) is 0 Å². The monoisotopic (exact) mass is 943 g/mol. The average molecular weight is 944 g/mol. The number of carbonyl (C=O) groups excluding carboxylic acids is 2. The van der Waals surface area contributed by atoms with Crippen molar-refractivity contribution in [3.63, 3.8) is 0 Å². The Morgan fingerprint density at radius 3 is 2.51 bits per heavy atom. The van der Waals surface area contributed by atoms with E-state index >= 15 is 0 Å². The number of ether oxygens (including phenoxy) is 3. The second kappa shape index (κ2) is 21.7. The third-order valence-corrected chi connectivity index (χ3v) is 11.8. The Hall–Kier alpha value is -6.33. The molecule has 9 N–H and O–H groups in total. The third kappa shape index (κ3) is 10.5. The Kier molecular flexibility index (Phi) is 15.9. The number of aryl methyl sites for hydroxylation is 2. The van der Waals surface area contributed by atoms with Gasteiger partial charge in [0.05, 0.1) is 35.0 Å². The van der Waals surface area contributed by atoms with Crippen LogP contribution in [0.4, 0.5) is 0 Å². The Morgan fingerprint density at radius 2 is 1.79 bits per heavy atom. The molecular weight excluding hydrogens is 891 g/mol. The van der Waals surface area contributed by atoms with E-state index in [0.717, 1.165) is 11.1 Å². The molecule has 20 heteroatoms. The Bertz CT molecular complexity index is 2630. The molecule has 8 atom stereocenters. The summed E-state index contributed by atoms with van der Waals surface area (Å²) in [4.78, 5) is 61.0. The molecule has 0 radical (unpaired) electrons. The minimum atomic E-state index is -2.93. The third-order valence-electron chi connectivity index (χ3n) is 11.8. The molecule has 7 rings (SSSR count). The number of esters is 1. The first-order valence-electron chi connectivity index (χ1n) is 22.0. The second-order valence-electron chi connectivity index (χ2n) is 16.6. The van der Waals surface area contributed by atoms with Crippen molar-refractivity contribution in [2.45, 2.75) is 94.1 Å². The Balaban J connectivity index is 1.30. The van der Waals surface area contributed by atoms with Crippen molar-refractivity contribution in [1.29, 1.82) is 0 Å². The van der Waals surface area contributed by atoms with Crippen LogP contribution < -0.4 is 15.5 Å². The molecule has 3 aromatic carbocycles. The number of fused-ring (bicyclic) bond motifs is 2. The van der Waals surface area contributed by atoms with Gasteiger partial charge in [-0.15, -0.1) is 0 Å². The number of nitrogens with one attached hydrogen (secondary N) is 1. The number of allylic oxidation sites excluding steroid dienone is 1. The molecule has 68 heavy (non-hydrogen) atoms. The maximum atomic E-state index is 13.7. The highest BCUT2D eigenvalue weighted by Crippen LogP contribution is 2.44. The van der Waals surface area contributed by atoms with Gasteiger partial charge in [-0.2, -0.15) is 0 Å². The zero-order chi connectivity index (χ0) is 48.7. The molecule has 4 heterocycles. The van der Waals surface area contributed by atoms with Gasteiger partial charge in [-0.3, -0.25) is 19.9 Å². The summed E-state index contributed by atoms with van der Waals surface area (Å²) >= 11 is 0. The molecule has 1 saturated heterocycles. The van der Waals surface area contributed by atoms with E-state index in [1.807, 2.05) is 25.1 Å². The van der Waals surface area contributed by atoms with E-state index in [4.69, 9.17) is 23.5 Å². The van der Waals surface area contributed by atoms with E-state index in [1.165, 1.54) is 41.7 Å². The van der Waals surface area contributed by atoms with Gasteiger partial charge in [-0.05, 0) is 92.6 Å². The minimum Gasteiger partial charge on any atom is -0.508 e. The van der Waals surface area contributed by atoms with E-state index in [0.29, 0.717) is 53.6 Å². The summed E-state index contributed by atoms with van der Waals surface area (Å²) in [5.41, 5.74) is 1.43. The molecule has 0 unspecified atom stereocenters. The van der Waals surface area contributed by atoms with Gasteiger partial charge in [0, 0.05) is 49.6 Å². The van der Waals surface area contributed by atoms with Crippen LogP contribution in [0, 0.1) is 6.92 Å². The lowest BCUT2D eigenvalue weighted by Crippen LogP contribution is -2.75. The molecule has 0 bridgehead atoms. The van der Waals surface area contributed by atoms with Gasteiger partial charge in [0.1, 0.15) is 35.7 Å². The number of hydrogen-bond acceptors (Lipinski definition) is 19. The van der Waals surface area contributed by atoms with E-state index in [2.05, 4.69) is 10.3 Å². The number of aliphatic hydroxyl groups is 6. The van der Waals surface area contributed by atoms with Gasteiger partial charge in [0.2, 0.25) is 18.6 Å². The fourth-order valence-corrected chi connectivity index (χ4v) is 8.42. The molecule has 0 aliphatic carbocycles. The largest absolute Gasteiger partial charge is 0.508 e. The number of aldehydes is 1. The number of aliphatic imine (C=N–C) groups is 1. The van der Waals surface area contributed by atoms with Crippen LogP contribution >= 0.6 is 0 Å². The number of unbranched alkanes of at least 4 members (excludes halogenated alkanes) is 1. The number of phenols is 1. The second-order valence-corrected chi connectivity index (χ2v) is 16.6. The minimum absolute atomic E-state index is 0.00520. The topological polar surface area (TPSA) is 308 Å². The van der Waals surface area contributed by atoms with Crippen LogP contribution in [0.5, 0.6) is 11.5 Å². The summed E-state index contributed by atoms with van der Waals surface area (Å²) < 4.78 is 23.5. The number of aromatic hydroxyl groups is 1. The van der Waals surface area contributed by atoms with Crippen molar-refractivity contribution in [2.75, 3.05) is 26.3 Å². The normalized spacial score (nSPS) is 22.5. The highest BCUT2D eigenvalue weighted by Gasteiger charge is 2.64. The lowest BCUT2D eigenvalue weighted by molar-refractivity contribution is -0.385. The number of benzene rings is 3. The predicted octanol–water partition coefficient (Wildman–Crippen LogP) is 1.61. The number of carbonyl (C=O) groups is 3. The molecule has 0 spiro atoms. The summed E-state index contributed by atoms with van der Waals surface area (Å²) in [7, 11) is 0. The fourth-order valence-electron chi connectivity index (χ4n) is 8.42. The number of carboxylic acids is 1. The number of carboxylic acid groups (broad SMARTS) is 1. The van der Waals surface area contributed by atoms with Crippen molar-refractivity contribution in [3.05, 3.63) is 111 Å². The number of aliphatic hydroxyl groups excluding tert-OH is 5. The van der Waals surface area contributed by atoms with E-state index in [1.54, 1.807) is 24.4 Å². The van der Waals surface area contributed by atoms with Crippen molar-refractivity contribution >= 4 is 41.1 Å². The van der Waals surface area contributed by atoms with Gasteiger partial charge in [0.15, 0.2) is 23.2 Å². The predicted molar refractivity (Wildman–Crippen MR) is 241 cm³/mol. The maximum Gasteiger partial charge on any atom is 0.337 e. The van der Waals surface area contributed by atoms with Crippen molar-refractivity contribution < 1.29 is 78.7 Å². The molecular formula is C48H53N3O17. The number of hydrogen-bond donors (Lipinski definition) is 9. The maximum absolute atomic E-state index is 13.7. The van der Waals surface area contributed by atoms with Crippen LogP contribution in [0.3, 0.4) is 0 Å². The van der Waals surface area contributed by atoms with Crippen LogP contribution in [-0.2, 0) is 35.1 Å². The molecule has 3 aliphatic heterocycles. The van der Waals surface area contributed by atoms with E-state index in [-0.39, 0.29) is 67.0 Å². The first-order valence-corrected chi connectivity index (χ1v) is 22.0. The van der Waals surface area contributed by atoms with Gasteiger partial charge in [0.25, 0.3) is 0 Å². The van der Waals surface area contributed by atoms with Gasteiger partial charge < -0.3 is 64.3 Å². The zero-order valence-electron chi connectivity index (χ0n) is 36.8. The lowest BCUT2D eigenvalue weighted by Gasteiger charge is -2.52. The molecule has 4 aromatic rings. The Morgan fingerprint density at radius 1 is 1.03 bits per heavy atom. The molecule has 1 aromatic heterocycles. The standard InChI is InChI=1S/C48H53N3O17/c1-26-20-27(6-2-3-17-52)22-30(21-26)39-37-29(14-16-50-37)24-51(39)68-43-47(65-32-12-13-33-35(23-32)64-25-34(40(33)57)28-8-10-31(55)11-9-28)66-41(42(58)48(43,63)36(56)7-4-18-53)46(62)67-45(61)38(44(59)60)49-15-5-19-54/h8-14,16,19-23,25,36,38,41-43,46-47,49,52-53,55-56,58,62-63H,2-7,15,17-18,24H2,1H3,(H,59,60)/t36-,38-,41-,42+,43-,46+,47+,48-/m1/s1. The van der Waals surface area contributed by atoms with Crippen LogP contribution in [0.25, 0.3) is 27.8 Å². The summed E-state index contributed by atoms with van der Waals surface area (Å²) in [6.07, 6.45) is -6.73. The lowest BCUT2D eigenvalue weighted by atomic mass is 9.77. The number of rotatable bonds is 22. The molecule has 20 nitrogen and oxygen atoms in total. The fraction of sp³-hybridized carbons (Fsp3) is 0.396. The highest BCUT2D eigenvalue weighted by atomic mass is 16.8. The first-order chi connectivity index (χ1) is 32.7. The molecule has 362 valence electrons. The quantitative estimate of drug-likeness (QED) is 0.0178. The van der Waals surface area contributed by atoms with Gasteiger partial charge in [-0.25, -0.2) is 14.7 Å². The number of aliphatic carboxylic acids is 1. The summed E-state index contributed by atoms with van der Waals surface area (Å²) in [6, 6.07) is 13.7. The van der Waals surface area contributed by atoms with E-state index < -0.39 is 72.6 Å². The van der Waals surface area contributed by atoms with E-state index in [9.17, 15) is 60.0 Å². The average Bonchev–Trinajstić information content (AvgIpc) is 3.91. The van der Waals surface area contributed by atoms with Crippen molar-refractivity contribution in [3.8, 4) is 22.6 Å². The summed E-state index contributed by atoms with van der Waals surface area (Å²) in [5.74, 6) is -3.39. The number of hydroxylamine groups is 2. The highest BCUT2D eigenvalue weighted by molar-refractivity contribution is 5.98. The zero-order valence-corrected chi connectivity index (χ0v) is 36.8. The molecule has 0 amide bonds. The van der Waals surface area contributed by atoms with Crippen molar-refractivity contribution in [2.24, 2.45) is 4.99 Å².